The quantitative estimate of drug-likeness (QED) is 0.652. The summed E-state index contributed by atoms with van der Waals surface area (Å²) in [4.78, 5) is 0. The van der Waals surface area contributed by atoms with Crippen LogP contribution >= 0.6 is 0 Å². The number of hydrogen-bond donors (Lipinski definition) is 1. The molecule has 0 aromatic heterocycles. The Labute approximate surface area is 130 Å². The highest BCUT2D eigenvalue weighted by molar-refractivity contribution is 5.26. The third kappa shape index (κ3) is 1.35. The van der Waals surface area contributed by atoms with Crippen molar-refractivity contribution in [1.82, 2.24) is 0 Å². The Kier molecular flexibility index (Phi) is 2.57. The van der Waals surface area contributed by atoms with Crippen molar-refractivity contribution < 1.29 is 5.11 Å². The minimum absolute atomic E-state index is 0.0680. The highest BCUT2D eigenvalue weighted by atomic mass is 16.3. The zero-order valence-electron chi connectivity index (χ0n) is 14.8. The Hall–Kier alpha value is -0.0400. The van der Waals surface area contributed by atoms with Crippen LogP contribution in [0.4, 0.5) is 0 Å². The predicted octanol–water partition coefficient (Wildman–Crippen LogP) is 5.17. The number of aliphatic hydroxyl groups is 1. The first-order valence-corrected chi connectivity index (χ1v) is 9.30. The van der Waals surface area contributed by atoms with Crippen LogP contribution < -0.4 is 0 Å². The van der Waals surface area contributed by atoms with Crippen LogP contribution in [-0.4, -0.2) is 11.2 Å². The van der Waals surface area contributed by atoms with Crippen molar-refractivity contribution in [3.05, 3.63) is 0 Å². The van der Waals surface area contributed by atoms with Gasteiger partial charge < -0.3 is 5.11 Å². The van der Waals surface area contributed by atoms with E-state index in [0.29, 0.717) is 16.2 Å². The highest BCUT2D eigenvalue weighted by Crippen LogP contribution is 2.82. The molecule has 0 radical (unpaired) electrons. The molecular weight excluding hydrogens is 256 g/mol. The van der Waals surface area contributed by atoms with Gasteiger partial charge >= 0.3 is 0 Å². The SMILES string of the molecule is CC1(C)CCC[C@@]2(C)[C@@H]1CC[C@@]1(C)[C@@H](O)[C@@]3(C)CC[C@]21C3. The van der Waals surface area contributed by atoms with Crippen LogP contribution in [0.1, 0.15) is 86.0 Å². The Bertz CT molecular complexity index is 482. The second-order valence-electron chi connectivity index (χ2n) is 10.6. The molecule has 120 valence electrons. The van der Waals surface area contributed by atoms with Crippen molar-refractivity contribution in [2.45, 2.75) is 92.1 Å². The third-order valence-corrected chi connectivity index (χ3v) is 9.46. The van der Waals surface area contributed by atoms with Gasteiger partial charge in [-0.3, -0.25) is 0 Å². The molecule has 0 heterocycles. The Morgan fingerprint density at radius 1 is 0.810 bits per heavy atom. The van der Waals surface area contributed by atoms with E-state index in [2.05, 4.69) is 34.6 Å². The fourth-order valence-corrected chi connectivity index (χ4v) is 8.48. The minimum Gasteiger partial charge on any atom is -0.392 e. The molecule has 1 heteroatoms. The fraction of sp³-hybridized carbons (Fsp3) is 1.00. The van der Waals surface area contributed by atoms with Gasteiger partial charge in [-0.15, -0.1) is 0 Å². The smallest absolute Gasteiger partial charge is 0.0653 e. The van der Waals surface area contributed by atoms with Crippen molar-refractivity contribution in [2.75, 3.05) is 0 Å². The molecule has 4 rings (SSSR count). The molecule has 0 amide bonds. The molecule has 4 saturated carbocycles. The maximum atomic E-state index is 11.2. The van der Waals surface area contributed by atoms with E-state index in [1.807, 2.05) is 0 Å². The van der Waals surface area contributed by atoms with Crippen molar-refractivity contribution in [3.63, 3.8) is 0 Å². The second kappa shape index (κ2) is 3.71. The van der Waals surface area contributed by atoms with Crippen molar-refractivity contribution in [3.8, 4) is 0 Å². The summed E-state index contributed by atoms with van der Waals surface area (Å²) in [6.45, 7) is 12.5. The molecule has 0 unspecified atom stereocenters. The van der Waals surface area contributed by atoms with E-state index in [-0.39, 0.29) is 16.9 Å². The van der Waals surface area contributed by atoms with Crippen LogP contribution in [-0.2, 0) is 0 Å². The lowest BCUT2D eigenvalue weighted by atomic mass is 9.37. The van der Waals surface area contributed by atoms with Crippen LogP contribution in [0.2, 0.25) is 0 Å². The summed E-state index contributed by atoms with van der Waals surface area (Å²) in [7, 11) is 0. The van der Waals surface area contributed by atoms with Crippen LogP contribution in [0.5, 0.6) is 0 Å². The molecule has 4 aliphatic rings. The molecule has 1 N–H and O–H groups in total. The van der Waals surface area contributed by atoms with Crippen molar-refractivity contribution >= 4 is 0 Å². The molecule has 21 heavy (non-hydrogen) atoms. The lowest BCUT2D eigenvalue weighted by Gasteiger charge is -2.68. The van der Waals surface area contributed by atoms with Crippen LogP contribution in [0.15, 0.2) is 0 Å². The summed E-state index contributed by atoms with van der Waals surface area (Å²) in [6.07, 6.45) is 10.7. The highest BCUT2D eigenvalue weighted by Gasteiger charge is 2.77. The molecule has 0 aliphatic heterocycles. The second-order valence-corrected chi connectivity index (χ2v) is 10.6. The lowest BCUT2D eigenvalue weighted by molar-refractivity contribution is -0.211. The molecule has 0 aromatic rings. The summed E-state index contributed by atoms with van der Waals surface area (Å²) in [5, 5.41) is 11.2. The van der Waals surface area contributed by atoms with E-state index in [1.54, 1.807) is 0 Å². The molecule has 1 nitrogen and oxygen atoms in total. The average molecular weight is 290 g/mol. The summed E-state index contributed by atoms with van der Waals surface area (Å²) in [5.41, 5.74) is 1.74. The Balaban J connectivity index is 1.87. The number of fused-ring (bicyclic) bond motifs is 2. The van der Waals surface area contributed by atoms with Gasteiger partial charge in [-0.25, -0.2) is 0 Å². The molecule has 0 saturated heterocycles. The van der Waals surface area contributed by atoms with E-state index < -0.39 is 0 Å². The normalized spacial score (nSPS) is 61.4. The first kappa shape index (κ1) is 14.5. The van der Waals surface area contributed by atoms with E-state index in [4.69, 9.17) is 0 Å². The summed E-state index contributed by atoms with van der Waals surface area (Å²) in [5.74, 6) is 0.861. The molecule has 4 fully saturated rings. The molecule has 4 aliphatic carbocycles. The van der Waals surface area contributed by atoms with Gasteiger partial charge in [0.1, 0.15) is 0 Å². The molecule has 0 aromatic carbocycles. The molecule has 2 bridgehead atoms. The predicted molar refractivity (Wildman–Crippen MR) is 87.0 cm³/mol. The van der Waals surface area contributed by atoms with Gasteiger partial charge in [0, 0.05) is 5.41 Å². The molecule has 6 atom stereocenters. The molecular formula is C20H34O. The maximum Gasteiger partial charge on any atom is 0.0653 e. The Morgan fingerprint density at radius 3 is 2.24 bits per heavy atom. The van der Waals surface area contributed by atoms with Gasteiger partial charge in [0.25, 0.3) is 0 Å². The van der Waals surface area contributed by atoms with Gasteiger partial charge in [0.2, 0.25) is 0 Å². The van der Waals surface area contributed by atoms with Crippen LogP contribution in [0, 0.1) is 33.0 Å². The first-order chi connectivity index (χ1) is 9.62. The van der Waals surface area contributed by atoms with Gasteiger partial charge in [-0.2, -0.15) is 0 Å². The first-order valence-electron chi connectivity index (χ1n) is 9.30. The zero-order valence-corrected chi connectivity index (χ0v) is 14.8. The maximum absolute atomic E-state index is 11.2. The van der Waals surface area contributed by atoms with Crippen LogP contribution in [0.3, 0.4) is 0 Å². The summed E-state index contributed by atoms with van der Waals surface area (Å²) >= 11 is 0. The van der Waals surface area contributed by atoms with Crippen LogP contribution in [0.25, 0.3) is 0 Å². The number of aliphatic hydroxyl groups excluding tert-OH is 1. The average Bonchev–Trinajstić information content (AvgIpc) is 2.82. The van der Waals surface area contributed by atoms with E-state index in [1.165, 1.54) is 51.4 Å². The zero-order chi connectivity index (χ0) is 15.3. The number of rotatable bonds is 0. The van der Waals surface area contributed by atoms with E-state index in [0.717, 1.165) is 5.92 Å². The lowest BCUT2D eigenvalue weighted by Crippen LogP contribution is -2.62. The number of hydrogen-bond acceptors (Lipinski definition) is 1. The molecule has 1 spiro atoms. The topological polar surface area (TPSA) is 20.2 Å². The van der Waals surface area contributed by atoms with Gasteiger partial charge in [-0.05, 0) is 72.5 Å². The summed E-state index contributed by atoms with van der Waals surface area (Å²) in [6, 6.07) is 0. The standard InChI is InChI=1S/C20H34O/c1-16(2)8-6-9-18(4)14(16)7-10-19(5)15(21)17(3)11-12-20(18,19)13-17/h14-15,21H,6-13H2,1-5H3/t14-,15+,17+,18+,19+,20+/m1/s1. The largest absolute Gasteiger partial charge is 0.392 e. The van der Waals surface area contributed by atoms with Gasteiger partial charge in [-0.1, -0.05) is 41.0 Å². The van der Waals surface area contributed by atoms with E-state index >= 15 is 0 Å². The third-order valence-electron chi connectivity index (χ3n) is 9.46. The summed E-state index contributed by atoms with van der Waals surface area (Å²) < 4.78 is 0. The minimum atomic E-state index is -0.0680. The van der Waals surface area contributed by atoms with Crippen molar-refractivity contribution in [2.24, 2.45) is 33.0 Å². The van der Waals surface area contributed by atoms with Crippen molar-refractivity contribution in [1.29, 1.82) is 0 Å². The monoisotopic (exact) mass is 290 g/mol. The van der Waals surface area contributed by atoms with Gasteiger partial charge in [0.05, 0.1) is 6.10 Å². The Morgan fingerprint density at radius 2 is 1.52 bits per heavy atom. The fourth-order valence-electron chi connectivity index (χ4n) is 8.48. The van der Waals surface area contributed by atoms with E-state index in [9.17, 15) is 5.11 Å². The van der Waals surface area contributed by atoms with Gasteiger partial charge in [0.15, 0.2) is 0 Å².